The van der Waals surface area contributed by atoms with E-state index in [9.17, 15) is 17.6 Å². The molecule has 0 saturated heterocycles. The van der Waals surface area contributed by atoms with Crippen LogP contribution in [0.15, 0.2) is 47.5 Å². The number of thiocarbonyl (C=S) groups is 1. The molecule has 0 bridgehead atoms. The van der Waals surface area contributed by atoms with Gasteiger partial charge in [0, 0.05) is 11.1 Å². The minimum Gasteiger partial charge on any atom is -0.204 e. The summed E-state index contributed by atoms with van der Waals surface area (Å²) < 4.78 is 55.1. The van der Waals surface area contributed by atoms with E-state index in [4.69, 9.17) is 0 Å². The van der Waals surface area contributed by atoms with Crippen LogP contribution in [0.25, 0.3) is 11.7 Å². The Morgan fingerprint density at radius 3 is 1.95 bits per heavy atom. The molecule has 0 heterocycles. The second kappa shape index (κ2) is 6.43. The molecule has 0 N–H and O–H groups in total. The van der Waals surface area contributed by atoms with Gasteiger partial charge in [0.25, 0.3) is 0 Å². The third kappa shape index (κ3) is 3.24. The zero-order chi connectivity index (χ0) is 15.4. The summed E-state index contributed by atoms with van der Waals surface area (Å²) in [7, 11) is 0. The summed E-state index contributed by atoms with van der Waals surface area (Å²) in [6.45, 7) is 0. The lowest BCUT2D eigenvalue weighted by molar-refractivity contribution is 0.585. The Labute approximate surface area is 123 Å². The third-order valence-corrected chi connectivity index (χ3v) is 2.74. The molecule has 6 heteroatoms. The molecule has 0 radical (unpaired) electrons. The maximum atomic E-state index is 14.0. The SMILES string of the molecule is F/C(=C(/F)c1cc(F)c(N=C=S)c(F)c1)c1ccccc1. The van der Waals surface area contributed by atoms with E-state index in [0.717, 1.165) is 0 Å². The number of halogens is 4. The van der Waals surface area contributed by atoms with Crippen molar-refractivity contribution < 1.29 is 17.6 Å². The predicted molar refractivity (Wildman–Crippen MR) is 76.5 cm³/mol. The van der Waals surface area contributed by atoms with E-state index >= 15 is 0 Å². The van der Waals surface area contributed by atoms with Crippen LogP contribution in [0.3, 0.4) is 0 Å². The number of benzene rings is 2. The fourth-order valence-electron chi connectivity index (χ4n) is 1.68. The van der Waals surface area contributed by atoms with Gasteiger partial charge in [0.1, 0.15) is 5.69 Å². The molecule has 0 fully saturated rings. The highest BCUT2D eigenvalue weighted by atomic mass is 32.1. The van der Waals surface area contributed by atoms with Crippen molar-refractivity contribution in [3.63, 3.8) is 0 Å². The lowest BCUT2D eigenvalue weighted by Gasteiger charge is -2.04. The van der Waals surface area contributed by atoms with Gasteiger partial charge in [-0.3, -0.25) is 0 Å². The molecule has 2 aromatic carbocycles. The molecule has 0 aliphatic rings. The fraction of sp³-hybridized carbons (Fsp3) is 0. The zero-order valence-corrected chi connectivity index (χ0v) is 11.2. The maximum Gasteiger partial charge on any atom is 0.166 e. The smallest absolute Gasteiger partial charge is 0.166 e. The van der Waals surface area contributed by atoms with Gasteiger partial charge >= 0.3 is 0 Å². The van der Waals surface area contributed by atoms with Gasteiger partial charge in [-0.1, -0.05) is 30.3 Å². The first kappa shape index (κ1) is 15.1. The Bertz CT molecular complexity index is 727. The molecule has 0 aliphatic carbocycles. The summed E-state index contributed by atoms with van der Waals surface area (Å²) in [6.07, 6.45) is 0. The highest BCUT2D eigenvalue weighted by Crippen LogP contribution is 2.32. The number of hydrogen-bond acceptors (Lipinski definition) is 2. The lowest BCUT2D eigenvalue weighted by atomic mass is 10.1. The van der Waals surface area contributed by atoms with E-state index in [1.165, 1.54) is 24.3 Å². The molecule has 0 atom stereocenters. The Kier molecular flexibility index (Phi) is 4.62. The molecule has 0 amide bonds. The van der Waals surface area contributed by atoms with Crippen LogP contribution >= 0.6 is 12.2 Å². The minimum absolute atomic E-state index is 0.0307. The van der Waals surface area contributed by atoms with Gasteiger partial charge in [-0.15, -0.1) is 0 Å². The van der Waals surface area contributed by atoms with Gasteiger partial charge in [-0.05, 0) is 24.4 Å². The molecule has 106 valence electrons. The van der Waals surface area contributed by atoms with Gasteiger partial charge in [0.05, 0.1) is 5.16 Å². The van der Waals surface area contributed by atoms with Crippen LogP contribution < -0.4 is 0 Å². The van der Waals surface area contributed by atoms with Gasteiger partial charge in [-0.2, -0.15) is 4.99 Å². The topological polar surface area (TPSA) is 12.4 Å². The van der Waals surface area contributed by atoms with Crippen LogP contribution in [-0.2, 0) is 0 Å². The van der Waals surface area contributed by atoms with Crippen molar-refractivity contribution in [3.05, 3.63) is 65.2 Å². The molecule has 0 saturated carbocycles. The van der Waals surface area contributed by atoms with Crippen LogP contribution in [0.1, 0.15) is 11.1 Å². The van der Waals surface area contributed by atoms with E-state index in [1.807, 2.05) is 5.16 Å². The van der Waals surface area contributed by atoms with Crippen LogP contribution in [0, 0.1) is 11.6 Å². The maximum absolute atomic E-state index is 14.0. The molecule has 0 unspecified atom stereocenters. The van der Waals surface area contributed by atoms with Crippen LogP contribution in [-0.4, -0.2) is 5.16 Å². The highest BCUT2D eigenvalue weighted by Gasteiger charge is 2.16. The zero-order valence-electron chi connectivity index (χ0n) is 10.4. The van der Waals surface area contributed by atoms with Crippen molar-refractivity contribution in [2.75, 3.05) is 0 Å². The standard InChI is InChI=1S/C15H7F4NS/c16-11-6-10(7-12(17)15(11)20-8-21)14(19)13(18)9-4-2-1-3-5-9/h1-7H/b14-13+. The molecule has 2 aromatic rings. The van der Waals surface area contributed by atoms with Crippen molar-refractivity contribution >= 4 is 34.7 Å². The number of aliphatic imine (C=N–C) groups is 1. The van der Waals surface area contributed by atoms with Gasteiger partial charge < -0.3 is 0 Å². The number of isothiocyanates is 1. The number of rotatable bonds is 3. The predicted octanol–water partition coefficient (Wildman–Crippen LogP) is 5.46. The summed E-state index contributed by atoms with van der Waals surface area (Å²) in [5.41, 5.74) is -1.28. The molecule has 2 rings (SSSR count). The van der Waals surface area contributed by atoms with Crippen molar-refractivity contribution in [2.45, 2.75) is 0 Å². The Morgan fingerprint density at radius 1 is 0.905 bits per heavy atom. The second-order valence-corrected chi connectivity index (χ2v) is 4.17. The quantitative estimate of drug-likeness (QED) is 0.317. The number of hydrogen-bond donors (Lipinski definition) is 0. The van der Waals surface area contributed by atoms with Crippen molar-refractivity contribution in [3.8, 4) is 0 Å². The first-order chi connectivity index (χ1) is 10.0. The average molecular weight is 309 g/mol. The monoisotopic (exact) mass is 309 g/mol. The van der Waals surface area contributed by atoms with E-state index in [2.05, 4.69) is 17.2 Å². The van der Waals surface area contributed by atoms with Crippen molar-refractivity contribution in [1.29, 1.82) is 0 Å². The molecular formula is C15H7F4NS. The average Bonchev–Trinajstić information content (AvgIpc) is 2.50. The van der Waals surface area contributed by atoms with Gasteiger partial charge in [0.2, 0.25) is 0 Å². The summed E-state index contributed by atoms with van der Waals surface area (Å²) in [4.78, 5) is 3.19. The minimum atomic E-state index is -1.36. The highest BCUT2D eigenvalue weighted by molar-refractivity contribution is 7.78. The summed E-state index contributed by atoms with van der Waals surface area (Å²) in [6, 6.07) is 8.63. The van der Waals surface area contributed by atoms with Crippen molar-refractivity contribution in [1.82, 2.24) is 0 Å². The van der Waals surface area contributed by atoms with Gasteiger partial charge in [0.15, 0.2) is 23.3 Å². The van der Waals surface area contributed by atoms with Crippen LogP contribution in [0.4, 0.5) is 23.2 Å². The van der Waals surface area contributed by atoms with E-state index in [1.54, 1.807) is 6.07 Å². The lowest BCUT2D eigenvalue weighted by Crippen LogP contribution is -1.90. The Morgan fingerprint density at radius 2 is 1.43 bits per heavy atom. The third-order valence-electron chi connectivity index (χ3n) is 2.65. The summed E-state index contributed by atoms with van der Waals surface area (Å²) in [5, 5.41) is 1.81. The second-order valence-electron chi connectivity index (χ2n) is 3.99. The van der Waals surface area contributed by atoms with Crippen molar-refractivity contribution in [2.24, 2.45) is 4.99 Å². The molecular weight excluding hydrogens is 302 g/mol. The van der Waals surface area contributed by atoms with Crippen LogP contribution in [0.2, 0.25) is 0 Å². The first-order valence-electron chi connectivity index (χ1n) is 5.72. The normalized spacial score (nSPS) is 11.6. The Balaban J connectivity index is 2.54. The van der Waals surface area contributed by atoms with E-state index in [0.29, 0.717) is 12.1 Å². The fourth-order valence-corrected chi connectivity index (χ4v) is 1.77. The molecule has 0 spiro atoms. The van der Waals surface area contributed by atoms with Gasteiger partial charge in [-0.25, -0.2) is 17.6 Å². The summed E-state index contributed by atoms with van der Waals surface area (Å²) >= 11 is 4.25. The molecule has 0 aromatic heterocycles. The van der Waals surface area contributed by atoms with Crippen LogP contribution in [0.5, 0.6) is 0 Å². The Hall–Kier alpha value is -2.30. The largest absolute Gasteiger partial charge is 0.204 e. The number of nitrogens with zero attached hydrogens (tertiary/aromatic N) is 1. The molecule has 0 aliphatic heterocycles. The molecule has 1 nitrogen and oxygen atoms in total. The molecule has 21 heavy (non-hydrogen) atoms. The summed E-state index contributed by atoms with van der Waals surface area (Å²) in [5.74, 6) is -4.88. The van der Waals surface area contributed by atoms with E-state index < -0.39 is 34.5 Å². The first-order valence-corrected chi connectivity index (χ1v) is 6.13. The van der Waals surface area contributed by atoms with E-state index in [-0.39, 0.29) is 5.56 Å².